The van der Waals surface area contributed by atoms with Crippen molar-refractivity contribution in [1.82, 2.24) is 29.5 Å². The molecule has 28 heavy (non-hydrogen) atoms. The number of aromatic nitrogens is 6. The summed E-state index contributed by atoms with van der Waals surface area (Å²) < 4.78 is 18.0. The molecule has 0 amide bonds. The van der Waals surface area contributed by atoms with Gasteiger partial charge < -0.3 is 5.11 Å². The second-order valence-electron chi connectivity index (χ2n) is 6.62. The number of hydrogen-bond acceptors (Lipinski definition) is 4. The zero-order valence-corrected chi connectivity index (χ0v) is 14.9. The number of rotatable bonds is 5. The summed E-state index contributed by atoms with van der Waals surface area (Å²) >= 11 is 0. The van der Waals surface area contributed by atoms with Crippen LogP contribution in [-0.2, 0) is 13.1 Å². The molecular weight excluding hydrogens is 359 g/mol. The van der Waals surface area contributed by atoms with Crippen LogP contribution in [0.1, 0.15) is 5.56 Å². The van der Waals surface area contributed by atoms with Gasteiger partial charge >= 0.3 is 0 Å². The summed E-state index contributed by atoms with van der Waals surface area (Å²) in [5.74, 6) is -0.289. The fourth-order valence-electron chi connectivity index (χ4n) is 3.32. The van der Waals surface area contributed by atoms with Gasteiger partial charge in [0.05, 0.1) is 42.6 Å². The number of aliphatic hydroxyl groups excluding tert-OH is 1. The third-order valence-corrected chi connectivity index (χ3v) is 4.74. The quantitative estimate of drug-likeness (QED) is 0.494. The SMILES string of the molecule is OCCn1cc(-c2ccc3[nH]n(Cc4cc5cccnc5cc4F)c3n2)cn1. The van der Waals surface area contributed by atoms with Gasteiger partial charge in [0, 0.05) is 35.0 Å². The number of benzene rings is 1. The highest BCUT2D eigenvalue weighted by Gasteiger charge is 2.13. The van der Waals surface area contributed by atoms with Crippen LogP contribution in [-0.4, -0.2) is 41.2 Å². The Morgan fingerprint density at radius 2 is 2.11 bits per heavy atom. The van der Waals surface area contributed by atoms with Crippen LogP contribution in [0.15, 0.2) is 55.0 Å². The molecule has 1 aromatic carbocycles. The van der Waals surface area contributed by atoms with E-state index >= 15 is 0 Å². The highest BCUT2D eigenvalue weighted by atomic mass is 19.1. The highest BCUT2D eigenvalue weighted by Crippen LogP contribution is 2.23. The molecule has 4 heterocycles. The number of aromatic amines is 1. The Morgan fingerprint density at radius 3 is 3.00 bits per heavy atom. The molecule has 0 radical (unpaired) electrons. The number of fused-ring (bicyclic) bond motifs is 2. The van der Waals surface area contributed by atoms with Crippen molar-refractivity contribution >= 4 is 22.1 Å². The topological polar surface area (TPSA) is 84.5 Å². The molecule has 0 aliphatic heterocycles. The molecule has 140 valence electrons. The van der Waals surface area contributed by atoms with Crippen LogP contribution >= 0.6 is 0 Å². The molecule has 0 bridgehead atoms. The molecule has 0 saturated carbocycles. The van der Waals surface area contributed by atoms with Gasteiger partial charge in [0.25, 0.3) is 0 Å². The van der Waals surface area contributed by atoms with Gasteiger partial charge in [0.1, 0.15) is 5.82 Å². The molecule has 7 nitrogen and oxygen atoms in total. The molecule has 4 aromatic heterocycles. The molecule has 0 aliphatic carbocycles. The van der Waals surface area contributed by atoms with E-state index in [2.05, 4.69) is 20.2 Å². The van der Waals surface area contributed by atoms with Crippen LogP contribution in [0, 0.1) is 5.82 Å². The number of nitrogens with zero attached hydrogens (tertiary/aromatic N) is 5. The molecule has 2 N–H and O–H groups in total. The first-order chi connectivity index (χ1) is 13.7. The van der Waals surface area contributed by atoms with Crippen LogP contribution in [0.5, 0.6) is 0 Å². The second kappa shape index (κ2) is 6.58. The van der Waals surface area contributed by atoms with Crippen molar-refractivity contribution in [3.8, 4) is 11.3 Å². The first-order valence-electron chi connectivity index (χ1n) is 8.93. The Bertz CT molecular complexity index is 1280. The summed E-state index contributed by atoms with van der Waals surface area (Å²) in [7, 11) is 0. The Hall–Kier alpha value is -3.52. The smallest absolute Gasteiger partial charge is 0.173 e. The number of H-pyrrole nitrogens is 1. The maximum absolute atomic E-state index is 14.5. The van der Waals surface area contributed by atoms with Gasteiger partial charge in [0.15, 0.2) is 5.65 Å². The molecule has 0 spiro atoms. The van der Waals surface area contributed by atoms with E-state index < -0.39 is 0 Å². The van der Waals surface area contributed by atoms with Crippen molar-refractivity contribution in [3.05, 3.63) is 66.4 Å². The molecular formula is C20H17FN6O. The zero-order chi connectivity index (χ0) is 19.1. The van der Waals surface area contributed by atoms with Gasteiger partial charge in [-0.25, -0.2) is 9.37 Å². The zero-order valence-electron chi connectivity index (χ0n) is 14.9. The molecule has 0 atom stereocenters. The largest absolute Gasteiger partial charge is 0.394 e. The summed E-state index contributed by atoms with van der Waals surface area (Å²) in [6.45, 7) is 0.821. The van der Waals surface area contributed by atoms with E-state index in [0.29, 0.717) is 24.2 Å². The van der Waals surface area contributed by atoms with E-state index in [0.717, 1.165) is 27.8 Å². The molecule has 5 rings (SSSR count). The summed E-state index contributed by atoms with van der Waals surface area (Å²) in [4.78, 5) is 8.87. The Morgan fingerprint density at radius 1 is 1.18 bits per heavy atom. The van der Waals surface area contributed by atoms with Crippen molar-refractivity contribution in [1.29, 1.82) is 0 Å². The number of pyridine rings is 2. The summed E-state index contributed by atoms with van der Waals surface area (Å²) in [6.07, 6.45) is 5.22. The van der Waals surface area contributed by atoms with Gasteiger partial charge in [-0.3, -0.25) is 19.4 Å². The van der Waals surface area contributed by atoms with E-state index in [1.54, 1.807) is 17.1 Å². The van der Waals surface area contributed by atoms with E-state index in [9.17, 15) is 4.39 Å². The third-order valence-electron chi connectivity index (χ3n) is 4.74. The van der Waals surface area contributed by atoms with Crippen LogP contribution in [0.4, 0.5) is 4.39 Å². The number of hydrogen-bond donors (Lipinski definition) is 2. The molecule has 5 aromatic rings. The molecule has 8 heteroatoms. The van der Waals surface area contributed by atoms with Crippen LogP contribution in [0.25, 0.3) is 33.3 Å². The molecule has 0 fully saturated rings. The predicted octanol–water partition coefficient (Wildman–Crippen LogP) is 2.96. The molecule has 0 saturated heterocycles. The standard InChI is InChI=1S/C20H17FN6O/c21-16-9-19-13(2-1-5-22-19)8-14(16)12-27-20-18(25-27)4-3-17(24-20)15-10-23-26(11-15)6-7-28/h1-5,8-11,25,28H,6-7,12H2. The van der Waals surface area contributed by atoms with Crippen LogP contribution < -0.4 is 0 Å². The monoisotopic (exact) mass is 376 g/mol. The molecule has 0 unspecified atom stereocenters. The van der Waals surface area contributed by atoms with E-state index in [1.165, 1.54) is 6.07 Å². The Kier molecular flexibility index (Phi) is 3.91. The Balaban J connectivity index is 1.48. The van der Waals surface area contributed by atoms with Gasteiger partial charge in [-0.2, -0.15) is 5.10 Å². The van der Waals surface area contributed by atoms with Crippen molar-refractivity contribution in [2.45, 2.75) is 13.1 Å². The van der Waals surface area contributed by atoms with Gasteiger partial charge in [-0.1, -0.05) is 6.07 Å². The van der Waals surface area contributed by atoms with Gasteiger partial charge in [-0.05, 0) is 24.3 Å². The maximum Gasteiger partial charge on any atom is 0.173 e. The van der Waals surface area contributed by atoms with E-state index in [1.807, 2.05) is 41.2 Å². The lowest BCUT2D eigenvalue weighted by Gasteiger charge is -2.17. The number of aliphatic hydroxyl groups is 1. The van der Waals surface area contributed by atoms with Crippen molar-refractivity contribution in [2.75, 3.05) is 6.61 Å². The fourth-order valence-corrected chi connectivity index (χ4v) is 3.32. The predicted molar refractivity (Wildman–Crippen MR) is 103 cm³/mol. The normalized spacial score (nSPS) is 11.6. The summed E-state index contributed by atoms with van der Waals surface area (Å²) in [6, 6.07) is 10.9. The number of halogens is 1. The summed E-state index contributed by atoms with van der Waals surface area (Å²) in [5, 5.41) is 17.3. The third kappa shape index (κ3) is 2.84. The van der Waals surface area contributed by atoms with E-state index in [4.69, 9.17) is 5.11 Å². The van der Waals surface area contributed by atoms with Crippen molar-refractivity contribution in [3.63, 3.8) is 0 Å². The minimum atomic E-state index is -0.289. The first-order valence-corrected chi connectivity index (χ1v) is 8.93. The minimum absolute atomic E-state index is 0.0310. The van der Waals surface area contributed by atoms with E-state index in [-0.39, 0.29) is 12.4 Å². The molecule has 0 aliphatic rings. The average Bonchev–Trinajstić information content (AvgIpc) is 3.15. The van der Waals surface area contributed by atoms with Crippen LogP contribution in [0.3, 0.4) is 0 Å². The fraction of sp³-hybridized carbons (Fsp3) is 0.150. The van der Waals surface area contributed by atoms with Gasteiger partial charge in [-0.15, -0.1) is 0 Å². The lowest BCUT2D eigenvalue weighted by molar-refractivity contribution is 0.269. The second-order valence-corrected chi connectivity index (χ2v) is 6.62. The maximum atomic E-state index is 14.5. The average molecular weight is 376 g/mol. The highest BCUT2D eigenvalue weighted by molar-refractivity contribution is 5.80. The number of nitrogens with one attached hydrogen (secondary N) is 1. The Labute approximate surface area is 159 Å². The lowest BCUT2D eigenvalue weighted by atomic mass is 10.1. The van der Waals surface area contributed by atoms with Gasteiger partial charge in [0.2, 0.25) is 0 Å². The summed E-state index contributed by atoms with van der Waals surface area (Å²) in [5.41, 5.74) is 4.51. The lowest BCUT2D eigenvalue weighted by Crippen LogP contribution is -2.14. The van der Waals surface area contributed by atoms with Crippen molar-refractivity contribution in [2.24, 2.45) is 0 Å². The first kappa shape index (κ1) is 16.6. The van der Waals surface area contributed by atoms with Crippen LogP contribution in [0.2, 0.25) is 0 Å². The van der Waals surface area contributed by atoms with Crippen molar-refractivity contribution < 1.29 is 9.50 Å². The minimum Gasteiger partial charge on any atom is -0.394 e.